The fourth-order valence-electron chi connectivity index (χ4n) is 3.90. The molecule has 0 aromatic heterocycles. The zero-order valence-electron chi connectivity index (χ0n) is 13.8. The zero-order chi connectivity index (χ0) is 14.8. The first-order valence-corrected chi connectivity index (χ1v) is 7.90. The second kappa shape index (κ2) is 6.28. The van der Waals surface area contributed by atoms with E-state index in [1.807, 2.05) is 0 Å². The highest BCUT2D eigenvalue weighted by molar-refractivity contribution is 5.31. The Bertz CT molecular complexity index is 445. The second-order valence-corrected chi connectivity index (χ2v) is 6.68. The molecule has 1 aliphatic rings. The van der Waals surface area contributed by atoms with Gasteiger partial charge in [-0.25, -0.2) is 0 Å². The average molecular weight is 274 g/mol. The van der Waals surface area contributed by atoms with E-state index in [1.54, 1.807) is 0 Å². The molecule has 2 nitrogen and oxygen atoms in total. The number of benzene rings is 1. The number of aryl methyl sites for hydroxylation is 2. The van der Waals surface area contributed by atoms with Crippen molar-refractivity contribution in [2.24, 2.45) is 0 Å². The molecule has 1 aliphatic carbocycles. The fourth-order valence-corrected chi connectivity index (χ4v) is 3.90. The fraction of sp³-hybridized carbons (Fsp3) is 0.667. The summed E-state index contributed by atoms with van der Waals surface area (Å²) < 4.78 is 0. The average Bonchev–Trinajstić information content (AvgIpc) is 2.90. The Kier molecular flexibility index (Phi) is 4.87. The summed E-state index contributed by atoms with van der Waals surface area (Å²) in [5.74, 6) is 0. The van der Waals surface area contributed by atoms with E-state index in [9.17, 15) is 0 Å². The van der Waals surface area contributed by atoms with Crippen LogP contribution < -0.4 is 5.32 Å². The Morgan fingerprint density at radius 2 is 1.85 bits per heavy atom. The number of nitrogens with zero attached hydrogens (tertiary/aromatic N) is 1. The van der Waals surface area contributed by atoms with Crippen LogP contribution in [-0.2, 0) is 6.42 Å². The van der Waals surface area contributed by atoms with E-state index < -0.39 is 0 Å². The number of hydrogen-bond donors (Lipinski definition) is 1. The Morgan fingerprint density at radius 3 is 2.40 bits per heavy atom. The summed E-state index contributed by atoms with van der Waals surface area (Å²) in [6.07, 6.45) is 6.49. The van der Waals surface area contributed by atoms with Gasteiger partial charge in [0.05, 0.1) is 0 Å². The zero-order valence-corrected chi connectivity index (χ0v) is 13.8. The lowest BCUT2D eigenvalue weighted by molar-refractivity contribution is 0.108. The highest BCUT2D eigenvalue weighted by Gasteiger charge is 2.42. The van der Waals surface area contributed by atoms with E-state index in [-0.39, 0.29) is 0 Å². The summed E-state index contributed by atoms with van der Waals surface area (Å²) in [5.41, 5.74) is 4.61. The molecule has 1 saturated carbocycles. The van der Waals surface area contributed by atoms with Gasteiger partial charge in [0.1, 0.15) is 0 Å². The summed E-state index contributed by atoms with van der Waals surface area (Å²) in [6, 6.07) is 7.36. The Balaban J connectivity index is 2.26. The van der Waals surface area contributed by atoms with Gasteiger partial charge in [-0.3, -0.25) is 0 Å². The quantitative estimate of drug-likeness (QED) is 0.886. The van der Waals surface area contributed by atoms with Gasteiger partial charge in [0.15, 0.2) is 0 Å². The largest absolute Gasteiger partial charge is 0.315 e. The second-order valence-electron chi connectivity index (χ2n) is 6.68. The van der Waals surface area contributed by atoms with Crippen molar-refractivity contribution in [3.8, 4) is 0 Å². The molecule has 112 valence electrons. The highest BCUT2D eigenvalue weighted by atomic mass is 15.2. The van der Waals surface area contributed by atoms with Gasteiger partial charge in [-0.2, -0.15) is 0 Å². The van der Waals surface area contributed by atoms with E-state index in [2.05, 4.69) is 63.4 Å². The molecule has 2 heteroatoms. The van der Waals surface area contributed by atoms with Crippen LogP contribution in [0.4, 0.5) is 0 Å². The first-order chi connectivity index (χ1) is 9.49. The minimum atomic E-state index is 0.324. The molecule has 1 fully saturated rings. The Hall–Kier alpha value is -0.860. The maximum Gasteiger partial charge on any atom is 0.0359 e. The van der Waals surface area contributed by atoms with Gasteiger partial charge in [0, 0.05) is 11.6 Å². The first kappa shape index (κ1) is 15.5. The molecule has 0 radical (unpaired) electrons. The van der Waals surface area contributed by atoms with E-state index in [0.717, 1.165) is 6.42 Å². The summed E-state index contributed by atoms with van der Waals surface area (Å²) in [7, 11) is 6.62. The van der Waals surface area contributed by atoms with Crippen molar-refractivity contribution in [2.45, 2.75) is 57.5 Å². The molecule has 1 N–H and O–H groups in total. The van der Waals surface area contributed by atoms with Gasteiger partial charge >= 0.3 is 0 Å². The lowest BCUT2D eigenvalue weighted by Gasteiger charge is -2.43. The maximum absolute atomic E-state index is 3.62. The minimum Gasteiger partial charge on any atom is -0.315 e. The molecular weight excluding hydrogens is 244 g/mol. The third kappa shape index (κ3) is 2.91. The van der Waals surface area contributed by atoms with E-state index in [4.69, 9.17) is 0 Å². The Labute approximate surface area is 124 Å². The monoisotopic (exact) mass is 274 g/mol. The normalized spacial score (nSPS) is 19.5. The van der Waals surface area contributed by atoms with E-state index >= 15 is 0 Å². The molecule has 0 spiro atoms. The Morgan fingerprint density at radius 1 is 1.20 bits per heavy atom. The molecule has 20 heavy (non-hydrogen) atoms. The molecule has 0 amide bonds. The van der Waals surface area contributed by atoms with Crippen LogP contribution in [0.25, 0.3) is 0 Å². The molecule has 0 saturated heterocycles. The predicted octanol–water partition coefficient (Wildman–Crippen LogP) is 3.31. The van der Waals surface area contributed by atoms with E-state index in [1.165, 1.54) is 42.4 Å². The number of likely N-dealkylation sites (N-methyl/N-ethyl adjacent to an activating group) is 2. The molecule has 1 aromatic carbocycles. The van der Waals surface area contributed by atoms with Crippen LogP contribution in [0, 0.1) is 13.8 Å². The standard InChI is InChI=1S/C18H30N2/c1-14-8-9-15(2)16(12-14)13-17(19-3)18(20(4)5)10-6-7-11-18/h8-9,12,17,19H,6-7,10-11,13H2,1-5H3. The van der Waals surface area contributed by atoms with Crippen LogP contribution >= 0.6 is 0 Å². The van der Waals surface area contributed by atoms with Crippen molar-refractivity contribution < 1.29 is 0 Å². The smallest absolute Gasteiger partial charge is 0.0359 e. The summed E-state index contributed by atoms with van der Waals surface area (Å²) in [4.78, 5) is 2.46. The molecule has 1 unspecified atom stereocenters. The van der Waals surface area contributed by atoms with Crippen molar-refractivity contribution >= 4 is 0 Å². The molecular formula is C18H30N2. The van der Waals surface area contributed by atoms with Crippen molar-refractivity contribution in [1.82, 2.24) is 10.2 Å². The molecule has 1 aromatic rings. The van der Waals surface area contributed by atoms with Crippen molar-refractivity contribution in [3.63, 3.8) is 0 Å². The van der Waals surface area contributed by atoms with Crippen LogP contribution in [0.2, 0.25) is 0 Å². The van der Waals surface area contributed by atoms with Crippen molar-refractivity contribution in [3.05, 3.63) is 34.9 Å². The summed E-state index contributed by atoms with van der Waals surface area (Å²) in [6.45, 7) is 4.42. The van der Waals surface area contributed by atoms with Gasteiger partial charge in [-0.05, 0) is 65.4 Å². The summed E-state index contributed by atoms with van der Waals surface area (Å²) in [5, 5.41) is 3.62. The predicted molar refractivity (Wildman–Crippen MR) is 87.4 cm³/mol. The minimum absolute atomic E-state index is 0.324. The molecule has 0 aliphatic heterocycles. The lowest BCUT2D eigenvalue weighted by Crippen LogP contribution is -2.57. The lowest BCUT2D eigenvalue weighted by atomic mass is 9.82. The third-order valence-corrected chi connectivity index (χ3v) is 5.29. The van der Waals surface area contributed by atoms with Gasteiger partial charge in [-0.15, -0.1) is 0 Å². The van der Waals surface area contributed by atoms with Crippen LogP contribution in [0.5, 0.6) is 0 Å². The molecule has 0 heterocycles. The number of hydrogen-bond acceptors (Lipinski definition) is 2. The van der Waals surface area contributed by atoms with E-state index in [0.29, 0.717) is 11.6 Å². The van der Waals surface area contributed by atoms with Crippen LogP contribution in [-0.4, -0.2) is 37.6 Å². The number of rotatable bonds is 5. The summed E-state index contributed by atoms with van der Waals surface area (Å²) >= 11 is 0. The maximum atomic E-state index is 3.62. The SMILES string of the molecule is CNC(Cc1cc(C)ccc1C)C1(N(C)C)CCCC1. The third-order valence-electron chi connectivity index (χ3n) is 5.29. The van der Waals surface area contributed by atoms with Crippen molar-refractivity contribution in [2.75, 3.05) is 21.1 Å². The van der Waals surface area contributed by atoms with Crippen LogP contribution in [0.1, 0.15) is 42.4 Å². The van der Waals surface area contributed by atoms with Crippen LogP contribution in [0.15, 0.2) is 18.2 Å². The number of nitrogens with one attached hydrogen (secondary N) is 1. The van der Waals surface area contributed by atoms with Crippen molar-refractivity contribution in [1.29, 1.82) is 0 Å². The molecule has 1 atom stereocenters. The molecule has 0 bridgehead atoms. The van der Waals surface area contributed by atoms with Crippen LogP contribution in [0.3, 0.4) is 0 Å². The highest BCUT2D eigenvalue weighted by Crippen LogP contribution is 2.38. The van der Waals surface area contributed by atoms with Gasteiger partial charge in [0.25, 0.3) is 0 Å². The van der Waals surface area contributed by atoms with Gasteiger partial charge in [0.2, 0.25) is 0 Å². The van der Waals surface area contributed by atoms with Gasteiger partial charge in [-0.1, -0.05) is 36.6 Å². The topological polar surface area (TPSA) is 15.3 Å². The first-order valence-electron chi connectivity index (χ1n) is 7.90. The van der Waals surface area contributed by atoms with Gasteiger partial charge < -0.3 is 10.2 Å². The molecule has 2 rings (SSSR count).